The van der Waals surface area contributed by atoms with Gasteiger partial charge in [-0.3, -0.25) is 4.79 Å². The molecule has 0 aromatic rings. The zero-order valence-corrected chi connectivity index (χ0v) is 14.5. The molecule has 1 amide bonds. The smallest absolute Gasteiger partial charge is 0.219 e. The van der Waals surface area contributed by atoms with Gasteiger partial charge in [-0.2, -0.15) is 0 Å². The van der Waals surface area contributed by atoms with Gasteiger partial charge in [0.25, 0.3) is 0 Å². The number of likely N-dealkylation sites (tertiary alicyclic amines) is 1. The van der Waals surface area contributed by atoms with E-state index in [0.717, 1.165) is 31.7 Å². The van der Waals surface area contributed by atoms with Gasteiger partial charge in [-0.15, -0.1) is 0 Å². The minimum absolute atomic E-state index is 0.279. The van der Waals surface area contributed by atoms with Crippen molar-refractivity contribution in [3.8, 4) is 0 Å². The van der Waals surface area contributed by atoms with Crippen LogP contribution in [0.25, 0.3) is 0 Å². The summed E-state index contributed by atoms with van der Waals surface area (Å²) in [6, 6.07) is 0. The zero-order valence-electron chi connectivity index (χ0n) is 14.5. The molecule has 2 fully saturated rings. The van der Waals surface area contributed by atoms with Crippen LogP contribution in [0.15, 0.2) is 0 Å². The van der Waals surface area contributed by atoms with E-state index in [1.54, 1.807) is 4.90 Å². The van der Waals surface area contributed by atoms with Crippen LogP contribution >= 0.6 is 0 Å². The molecule has 2 rings (SSSR count). The Labute approximate surface area is 137 Å². The van der Waals surface area contributed by atoms with E-state index < -0.39 is 0 Å². The maximum Gasteiger partial charge on any atom is 0.219 e. The number of quaternary nitrogens is 1. The Kier molecular flexibility index (Phi) is 8.92. The standard InChI is InChI=1S/C19H36N2O/c22-19(13-9-12-18-10-3-1-4-11-18)20-14-5-8-17-21-15-6-2-7-16-21/h18H,1-17H2,(H,20,22)/p+1. The minimum atomic E-state index is 0.279. The summed E-state index contributed by atoms with van der Waals surface area (Å²) in [7, 11) is 0. The van der Waals surface area contributed by atoms with E-state index in [9.17, 15) is 4.79 Å². The van der Waals surface area contributed by atoms with Crippen molar-refractivity contribution in [3.63, 3.8) is 0 Å². The van der Waals surface area contributed by atoms with Crippen molar-refractivity contribution >= 4 is 5.91 Å². The van der Waals surface area contributed by atoms with Gasteiger partial charge in [0.2, 0.25) is 5.91 Å². The van der Waals surface area contributed by atoms with Crippen molar-refractivity contribution in [1.29, 1.82) is 0 Å². The van der Waals surface area contributed by atoms with Gasteiger partial charge in [-0.25, -0.2) is 0 Å². The van der Waals surface area contributed by atoms with E-state index in [2.05, 4.69) is 5.32 Å². The lowest BCUT2D eigenvalue weighted by Gasteiger charge is -2.23. The maximum atomic E-state index is 11.8. The molecule has 2 N–H and O–H groups in total. The molecule has 1 aliphatic carbocycles. The first-order chi connectivity index (χ1) is 10.8. The highest BCUT2D eigenvalue weighted by molar-refractivity contribution is 5.75. The highest BCUT2D eigenvalue weighted by atomic mass is 16.1. The molecule has 2 aliphatic rings. The highest BCUT2D eigenvalue weighted by Crippen LogP contribution is 2.27. The second-order valence-corrected chi connectivity index (χ2v) is 7.51. The molecule has 3 nitrogen and oxygen atoms in total. The average Bonchev–Trinajstić information content (AvgIpc) is 2.56. The first-order valence-electron chi connectivity index (χ1n) is 9.95. The summed E-state index contributed by atoms with van der Waals surface area (Å²) in [5.41, 5.74) is 0. The fraction of sp³-hybridized carbons (Fsp3) is 0.947. The predicted molar refractivity (Wildman–Crippen MR) is 92.1 cm³/mol. The Hall–Kier alpha value is -0.570. The zero-order chi connectivity index (χ0) is 15.5. The summed E-state index contributed by atoms with van der Waals surface area (Å²) in [5, 5.41) is 3.11. The molecule has 0 atom stereocenters. The first-order valence-corrected chi connectivity index (χ1v) is 9.95. The third kappa shape index (κ3) is 7.62. The number of hydrogen-bond donors (Lipinski definition) is 2. The van der Waals surface area contributed by atoms with Crippen molar-refractivity contribution in [1.82, 2.24) is 5.32 Å². The van der Waals surface area contributed by atoms with Gasteiger partial charge in [0.05, 0.1) is 19.6 Å². The second-order valence-electron chi connectivity index (χ2n) is 7.51. The molecule has 0 spiro atoms. The van der Waals surface area contributed by atoms with Crippen LogP contribution in [0.4, 0.5) is 0 Å². The van der Waals surface area contributed by atoms with E-state index in [1.807, 2.05) is 0 Å². The molecule has 1 saturated heterocycles. The Morgan fingerprint density at radius 1 is 0.909 bits per heavy atom. The fourth-order valence-electron chi connectivity index (χ4n) is 4.15. The molecular weight excluding hydrogens is 272 g/mol. The molecule has 22 heavy (non-hydrogen) atoms. The molecule has 1 saturated carbocycles. The van der Waals surface area contributed by atoms with Gasteiger partial charge in [-0.1, -0.05) is 32.1 Å². The monoisotopic (exact) mass is 309 g/mol. The quantitative estimate of drug-likeness (QED) is 0.631. The van der Waals surface area contributed by atoms with E-state index in [1.165, 1.54) is 83.8 Å². The number of carbonyl (C=O) groups excluding carboxylic acids is 1. The molecule has 0 aromatic heterocycles. The maximum absolute atomic E-state index is 11.8. The summed E-state index contributed by atoms with van der Waals surface area (Å²) in [5.74, 6) is 1.19. The van der Waals surface area contributed by atoms with Crippen LogP contribution in [0.1, 0.15) is 83.5 Å². The SMILES string of the molecule is O=C(CCCC1CCCCC1)NCCCC[NH+]1CCCCC1. The van der Waals surface area contributed by atoms with Crippen molar-refractivity contribution in [3.05, 3.63) is 0 Å². The van der Waals surface area contributed by atoms with Crippen LogP contribution in [0.2, 0.25) is 0 Å². The van der Waals surface area contributed by atoms with Crippen LogP contribution in [0.3, 0.4) is 0 Å². The Morgan fingerprint density at radius 3 is 2.41 bits per heavy atom. The number of rotatable bonds is 9. The molecule has 1 aliphatic heterocycles. The number of hydrogen-bond acceptors (Lipinski definition) is 1. The summed E-state index contributed by atoms with van der Waals surface area (Å²) in [6.07, 6.45) is 16.8. The minimum Gasteiger partial charge on any atom is -0.356 e. The third-order valence-corrected chi connectivity index (χ3v) is 5.58. The van der Waals surface area contributed by atoms with Gasteiger partial charge in [0.15, 0.2) is 0 Å². The fourth-order valence-corrected chi connectivity index (χ4v) is 4.15. The Morgan fingerprint density at radius 2 is 1.64 bits per heavy atom. The summed E-state index contributed by atoms with van der Waals surface area (Å²) in [6.45, 7) is 4.92. The van der Waals surface area contributed by atoms with Crippen LogP contribution < -0.4 is 10.2 Å². The van der Waals surface area contributed by atoms with Crippen LogP contribution in [0, 0.1) is 5.92 Å². The normalized spacial score (nSPS) is 20.9. The molecule has 0 radical (unpaired) electrons. The number of piperidine rings is 1. The van der Waals surface area contributed by atoms with E-state index in [4.69, 9.17) is 0 Å². The average molecular weight is 310 g/mol. The molecule has 3 heteroatoms. The third-order valence-electron chi connectivity index (χ3n) is 5.58. The van der Waals surface area contributed by atoms with E-state index in [0.29, 0.717) is 0 Å². The van der Waals surface area contributed by atoms with E-state index in [-0.39, 0.29) is 5.91 Å². The molecular formula is C19H37N2O+. The van der Waals surface area contributed by atoms with Gasteiger partial charge in [0.1, 0.15) is 0 Å². The van der Waals surface area contributed by atoms with Crippen molar-refractivity contribution in [2.45, 2.75) is 83.5 Å². The van der Waals surface area contributed by atoms with Gasteiger partial charge in [0, 0.05) is 13.0 Å². The number of carbonyl (C=O) groups is 1. The summed E-state index contributed by atoms with van der Waals surface area (Å²) in [4.78, 5) is 13.6. The van der Waals surface area contributed by atoms with Gasteiger partial charge < -0.3 is 10.2 Å². The first kappa shape index (κ1) is 17.8. The van der Waals surface area contributed by atoms with Crippen molar-refractivity contribution < 1.29 is 9.69 Å². The predicted octanol–water partition coefficient (Wildman–Crippen LogP) is 2.70. The highest BCUT2D eigenvalue weighted by Gasteiger charge is 2.14. The lowest BCUT2D eigenvalue weighted by atomic mass is 9.86. The van der Waals surface area contributed by atoms with Gasteiger partial charge >= 0.3 is 0 Å². The van der Waals surface area contributed by atoms with Gasteiger partial charge in [-0.05, 0) is 50.9 Å². The van der Waals surface area contributed by atoms with Crippen LogP contribution in [0.5, 0.6) is 0 Å². The lowest BCUT2D eigenvalue weighted by Crippen LogP contribution is -3.12. The second kappa shape index (κ2) is 11.0. The lowest BCUT2D eigenvalue weighted by molar-refractivity contribution is -0.905. The Balaban J connectivity index is 1.39. The molecule has 1 heterocycles. The number of nitrogens with one attached hydrogen (secondary N) is 2. The number of amides is 1. The molecule has 128 valence electrons. The topological polar surface area (TPSA) is 33.5 Å². The molecule has 0 bridgehead atoms. The van der Waals surface area contributed by atoms with E-state index >= 15 is 0 Å². The largest absolute Gasteiger partial charge is 0.356 e. The van der Waals surface area contributed by atoms with Crippen molar-refractivity contribution in [2.75, 3.05) is 26.2 Å². The Bertz CT molecular complexity index is 294. The number of unbranched alkanes of at least 4 members (excludes halogenated alkanes) is 1. The van der Waals surface area contributed by atoms with Crippen LogP contribution in [-0.2, 0) is 4.79 Å². The van der Waals surface area contributed by atoms with Crippen molar-refractivity contribution in [2.24, 2.45) is 5.92 Å². The molecule has 0 aromatic carbocycles. The molecule has 0 unspecified atom stereocenters. The summed E-state index contributed by atoms with van der Waals surface area (Å²) >= 11 is 0. The summed E-state index contributed by atoms with van der Waals surface area (Å²) < 4.78 is 0. The van der Waals surface area contributed by atoms with Crippen LogP contribution in [-0.4, -0.2) is 32.1 Å².